The Balaban J connectivity index is 2.28. The molecule has 3 nitrogen and oxygen atoms in total. The van der Waals surface area contributed by atoms with E-state index in [1.807, 2.05) is 18.2 Å². The molecule has 1 aromatic heterocycles. The zero-order chi connectivity index (χ0) is 13.2. The van der Waals surface area contributed by atoms with Crippen molar-refractivity contribution in [3.05, 3.63) is 35.5 Å². The van der Waals surface area contributed by atoms with Crippen molar-refractivity contribution in [3.8, 4) is 6.07 Å². The number of nitrogens with zero attached hydrogens (tertiary/aromatic N) is 2. The average Bonchev–Trinajstić information content (AvgIpc) is 2.80. The van der Waals surface area contributed by atoms with Gasteiger partial charge < -0.3 is 5.32 Å². The Morgan fingerprint density at radius 1 is 1.28 bits per heavy atom. The van der Waals surface area contributed by atoms with Crippen LogP contribution in [0.3, 0.4) is 0 Å². The van der Waals surface area contributed by atoms with Gasteiger partial charge in [0, 0.05) is 6.04 Å². The molecule has 18 heavy (non-hydrogen) atoms. The maximum Gasteiger partial charge on any atom is 0.433 e. The SMILES string of the molecule is N#Cc1ccc(C(F)(F)F)nc1NC1CC=CC1. The number of nitrogens with one attached hydrogen (secondary N) is 1. The Morgan fingerprint density at radius 3 is 2.50 bits per heavy atom. The van der Waals surface area contributed by atoms with E-state index in [1.165, 1.54) is 0 Å². The first-order valence-electron chi connectivity index (χ1n) is 5.40. The first-order chi connectivity index (χ1) is 8.50. The Hall–Kier alpha value is -2.03. The molecule has 0 atom stereocenters. The van der Waals surface area contributed by atoms with Crippen LogP contribution in [0.4, 0.5) is 19.0 Å². The number of hydrogen-bond donors (Lipinski definition) is 1. The number of anilines is 1. The molecule has 0 radical (unpaired) electrons. The third-order valence-electron chi connectivity index (χ3n) is 2.65. The third kappa shape index (κ3) is 2.62. The second-order valence-electron chi connectivity index (χ2n) is 3.99. The summed E-state index contributed by atoms with van der Waals surface area (Å²) in [7, 11) is 0. The molecule has 0 unspecified atom stereocenters. The van der Waals surface area contributed by atoms with E-state index in [9.17, 15) is 13.2 Å². The molecular weight excluding hydrogens is 243 g/mol. The van der Waals surface area contributed by atoms with Crippen molar-refractivity contribution >= 4 is 5.82 Å². The zero-order valence-electron chi connectivity index (χ0n) is 9.33. The standard InChI is InChI=1S/C12H10F3N3/c13-12(14,15)10-6-5-8(7-16)11(18-10)17-9-3-1-2-4-9/h1-2,5-6,9H,3-4H2,(H,17,18). The summed E-state index contributed by atoms with van der Waals surface area (Å²) in [5.41, 5.74) is -0.871. The summed E-state index contributed by atoms with van der Waals surface area (Å²) in [5, 5.41) is 11.7. The summed E-state index contributed by atoms with van der Waals surface area (Å²) in [6.45, 7) is 0. The van der Waals surface area contributed by atoms with Crippen molar-refractivity contribution in [1.29, 1.82) is 5.26 Å². The Kier molecular flexibility index (Phi) is 3.24. The van der Waals surface area contributed by atoms with Gasteiger partial charge in [-0.2, -0.15) is 18.4 Å². The molecule has 2 rings (SSSR count). The summed E-state index contributed by atoms with van der Waals surface area (Å²) in [5.74, 6) is 0.000949. The van der Waals surface area contributed by atoms with Crippen LogP contribution < -0.4 is 5.32 Å². The van der Waals surface area contributed by atoms with Crippen LogP contribution in [0, 0.1) is 11.3 Å². The van der Waals surface area contributed by atoms with E-state index in [0.29, 0.717) is 0 Å². The number of nitriles is 1. The summed E-state index contributed by atoms with van der Waals surface area (Å²) in [4.78, 5) is 3.49. The summed E-state index contributed by atoms with van der Waals surface area (Å²) < 4.78 is 37.6. The lowest BCUT2D eigenvalue weighted by molar-refractivity contribution is -0.141. The molecule has 6 heteroatoms. The van der Waals surface area contributed by atoms with Gasteiger partial charge in [0.2, 0.25) is 0 Å². The summed E-state index contributed by atoms with van der Waals surface area (Å²) in [6.07, 6.45) is 0.832. The lowest BCUT2D eigenvalue weighted by Crippen LogP contribution is -2.19. The lowest BCUT2D eigenvalue weighted by atomic mass is 10.2. The molecule has 1 N–H and O–H groups in total. The molecule has 0 amide bonds. The van der Waals surface area contributed by atoms with Crippen molar-refractivity contribution < 1.29 is 13.2 Å². The highest BCUT2D eigenvalue weighted by Crippen LogP contribution is 2.30. The fraction of sp³-hybridized carbons (Fsp3) is 0.333. The molecule has 0 spiro atoms. The minimum Gasteiger partial charge on any atom is -0.366 e. The molecule has 0 saturated heterocycles. The molecule has 0 saturated carbocycles. The number of alkyl halides is 3. The Morgan fingerprint density at radius 2 is 1.94 bits per heavy atom. The smallest absolute Gasteiger partial charge is 0.366 e. The fourth-order valence-corrected chi connectivity index (χ4v) is 1.75. The molecule has 0 fully saturated rings. The summed E-state index contributed by atoms with van der Waals surface area (Å²) >= 11 is 0. The predicted molar refractivity (Wildman–Crippen MR) is 59.7 cm³/mol. The highest BCUT2D eigenvalue weighted by molar-refractivity contribution is 5.53. The van der Waals surface area contributed by atoms with Crippen LogP contribution in [0.5, 0.6) is 0 Å². The van der Waals surface area contributed by atoms with Crippen LogP contribution in [0.15, 0.2) is 24.3 Å². The molecular formula is C12H10F3N3. The lowest BCUT2D eigenvalue weighted by Gasteiger charge is -2.15. The van der Waals surface area contributed by atoms with Crippen molar-refractivity contribution in [1.82, 2.24) is 4.98 Å². The minimum atomic E-state index is -4.50. The average molecular weight is 253 g/mol. The van der Waals surface area contributed by atoms with Gasteiger partial charge in [0.25, 0.3) is 0 Å². The fourth-order valence-electron chi connectivity index (χ4n) is 1.75. The van der Waals surface area contributed by atoms with Crippen LogP contribution in [0.25, 0.3) is 0 Å². The molecule has 1 aromatic rings. The number of rotatable bonds is 2. The molecule has 1 aliphatic rings. The van der Waals surface area contributed by atoms with Crippen molar-refractivity contribution in [2.45, 2.75) is 25.1 Å². The van der Waals surface area contributed by atoms with E-state index in [4.69, 9.17) is 5.26 Å². The monoisotopic (exact) mass is 253 g/mol. The number of pyridine rings is 1. The maximum absolute atomic E-state index is 12.5. The van der Waals surface area contributed by atoms with Crippen molar-refractivity contribution in [2.24, 2.45) is 0 Å². The van der Waals surface area contributed by atoms with Gasteiger partial charge in [-0.25, -0.2) is 4.98 Å². The van der Waals surface area contributed by atoms with Gasteiger partial charge >= 0.3 is 6.18 Å². The third-order valence-corrected chi connectivity index (χ3v) is 2.65. The zero-order valence-corrected chi connectivity index (χ0v) is 9.33. The molecule has 1 heterocycles. The van der Waals surface area contributed by atoms with Crippen molar-refractivity contribution in [3.63, 3.8) is 0 Å². The van der Waals surface area contributed by atoms with Gasteiger partial charge in [0.05, 0.1) is 5.56 Å². The minimum absolute atomic E-state index is 0.000949. The molecule has 1 aliphatic carbocycles. The van der Waals surface area contributed by atoms with Crippen LogP contribution in [-0.2, 0) is 6.18 Å². The topological polar surface area (TPSA) is 48.7 Å². The largest absolute Gasteiger partial charge is 0.433 e. The van der Waals surface area contributed by atoms with Gasteiger partial charge in [-0.15, -0.1) is 0 Å². The molecule has 0 bridgehead atoms. The number of halogens is 3. The van der Waals surface area contributed by atoms with E-state index in [0.717, 1.165) is 25.0 Å². The second-order valence-corrected chi connectivity index (χ2v) is 3.99. The van der Waals surface area contributed by atoms with E-state index < -0.39 is 11.9 Å². The van der Waals surface area contributed by atoms with Crippen LogP contribution in [-0.4, -0.2) is 11.0 Å². The summed E-state index contributed by atoms with van der Waals surface area (Å²) in [6, 6.07) is 3.80. The van der Waals surface area contributed by atoms with E-state index >= 15 is 0 Å². The maximum atomic E-state index is 12.5. The van der Waals surface area contributed by atoms with E-state index in [1.54, 1.807) is 0 Å². The first kappa shape index (κ1) is 12.4. The highest BCUT2D eigenvalue weighted by Gasteiger charge is 2.33. The Bertz CT molecular complexity index is 506. The van der Waals surface area contributed by atoms with E-state index in [2.05, 4.69) is 10.3 Å². The normalized spacial score (nSPS) is 15.7. The van der Waals surface area contributed by atoms with Crippen LogP contribution in [0.2, 0.25) is 0 Å². The van der Waals surface area contributed by atoms with Crippen LogP contribution in [0.1, 0.15) is 24.1 Å². The van der Waals surface area contributed by atoms with Gasteiger partial charge in [-0.1, -0.05) is 12.2 Å². The van der Waals surface area contributed by atoms with Crippen LogP contribution >= 0.6 is 0 Å². The van der Waals surface area contributed by atoms with Gasteiger partial charge in [-0.3, -0.25) is 0 Å². The van der Waals surface area contributed by atoms with Gasteiger partial charge in [0.15, 0.2) is 0 Å². The first-order valence-corrected chi connectivity index (χ1v) is 5.40. The number of aromatic nitrogens is 1. The quantitative estimate of drug-likeness (QED) is 0.824. The molecule has 0 aromatic carbocycles. The second kappa shape index (κ2) is 4.69. The van der Waals surface area contributed by atoms with Gasteiger partial charge in [0.1, 0.15) is 17.6 Å². The van der Waals surface area contributed by atoms with Crippen molar-refractivity contribution in [2.75, 3.05) is 5.32 Å². The predicted octanol–water partition coefficient (Wildman–Crippen LogP) is 3.10. The highest BCUT2D eigenvalue weighted by atomic mass is 19.4. The van der Waals surface area contributed by atoms with E-state index in [-0.39, 0.29) is 17.4 Å². The molecule has 0 aliphatic heterocycles. The Labute approximate surface area is 102 Å². The molecule has 94 valence electrons. The number of hydrogen-bond acceptors (Lipinski definition) is 3. The van der Waals surface area contributed by atoms with Gasteiger partial charge in [-0.05, 0) is 25.0 Å².